The molecule has 6 nitrogen and oxygen atoms in total. The Morgan fingerprint density at radius 3 is 1.90 bits per heavy atom. The van der Waals surface area contributed by atoms with E-state index in [1.165, 1.54) is 0 Å². The zero-order valence-corrected chi connectivity index (χ0v) is 19.2. The van der Waals surface area contributed by atoms with Gasteiger partial charge in [0.25, 0.3) is 0 Å². The molecule has 1 atom stereocenters. The number of rotatable bonds is 6. The molecule has 0 bridgehead atoms. The summed E-state index contributed by atoms with van der Waals surface area (Å²) in [5.41, 5.74) is 4.73. The van der Waals surface area contributed by atoms with Crippen molar-refractivity contribution in [3.05, 3.63) is 47.0 Å². The van der Waals surface area contributed by atoms with Gasteiger partial charge < -0.3 is 18.9 Å². The summed E-state index contributed by atoms with van der Waals surface area (Å²) in [6.45, 7) is 8.23. The predicted octanol–water partition coefficient (Wildman–Crippen LogP) is 5.47. The Labute approximate surface area is 179 Å². The van der Waals surface area contributed by atoms with Crippen LogP contribution in [0.4, 0.5) is 0 Å². The third kappa shape index (κ3) is 4.42. The summed E-state index contributed by atoms with van der Waals surface area (Å²) in [5, 5.41) is 9.17. The highest BCUT2D eigenvalue weighted by Crippen LogP contribution is 2.38. The van der Waals surface area contributed by atoms with E-state index in [9.17, 15) is 0 Å². The summed E-state index contributed by atoms with van der Waals surface area (Å²) in [6, 6.07) is 9.73. The van der Waals surface area contributed by atoms with E-state index in [1.807, 2.05) is 44.2 Å². The van der Waals surface area contributed by atoms with Gasteiger partial charge in [0.2, 0.25) is 0 Å². The van der Waals surface area contributed by atoms with Crippen LogP contribution in [0.5, 0.6) is 23.0 Å². The summed E-state index contributed by atoms with van der Waals surface area (Å²) < 4.78 is 21.9. The van der Waals surface area contributed by atoms with Crippen molar-refractivity contribution in [2.24, 2.45) is 10.2 Å². The van der Waals surface area contributed by atoms with Crippen LogP contribution in [0.15, 0.2) is 40.5 Å². The molecule has 2 aromatic carbocycles. The van der Waals surface area contributed by atoms with Crippen LogP contribution in [-0.2, 0) is 0 Å². The summed E-state index contributed by atoms with van der Waals surface area (Å²) in [7, 11) is 6.51. The zero-order valence-electron chi connectivity index (χ0n) is 19.2. The maximum absolute atomic E-state index is 5.54. The molecule has 0 amide bonds. The lowest BCUT2D eigenvalue weighted by atomic mass is 9.87. The van der Waals surface area contributed by atoms with Crippen LogP contribution in [0.25, 0.3) is 0 Å². The number of hydrogen-bond donors (Lipinski definition) is 0. The number of methoxy groups -OCH3 is 4. The SMILES string of the molecule is CC.CCC1=NN=C(c2ccc(OC)c(OC)c2)c2cc(OC)c(OC)cc2C1C. The van der Waals surface area contributed by atoms with E-state index in [1.54, 1.807) is 28.4 Å². The second-order valence-corrected chi connectivity index (χ2v) is 6.48. The van der Waals surface area contributed by atoms with Crippen molar-refractivity contribution in [3.63, 3.8) is 0 Å². The van der Waals surface area contributed by atoms with E-state index in [0.717, 1.165) is 34.5 Å². The second-order valence-electron chi connectivity index (χ2n) is 6.48. The summed E-state index contributed by atoms with van der Waals surface area (Å²) in [6.07, 6.45) is 0.817. The molecule has 1 heterocycles. The lowest BCUT2D eigenvalue weighted by Gasteiger charge is -2.19. The van der Waals surface area contributed by atoms with Gasteiger partial charge >= 0.3 is 0 Å². The normalized spacial score (nSPS) is 14.9. The van der Waals surface area contributed by atoms with Crippen LogP contribution in [0, 0.1) is 0 Å². The highest BCUT2D eigenvalue weighted by molar-refractivity contribution is 6.16. The van der Waals surface area contributed by atoms with Crippen molar-refractivity contribution in [2.45, 2.75) is 40.0 Å². The Morgan fingerprint density at radius 1 is 0.767 bits per heavy atom. The molecule has 3 rings (SSSR count). The van der Waals surface area contributed by atoms with E-state index in [0.29, 0.717) is 23.0 Å². The van der Waals surface area contributed by atoms with E-state index < -0.39 is 0 Å². The van der Waals surface area contributed by atoms with Gasteiger partial charge in [0.1, 0.15) is 5.71 Å². The number of nitrogens with zero attached hydrogens (tertiary/aromatic N) is 2. The number of hydrogen-bond acceptors (Lipinski definition) is 6. The molecule has 162 valence electrons. The molecule has 0 saturated heterocycles. The molecular formula is C24H32N2O4. The second kappa shape index (κ2) is 10.7. The van der Waals surface area contributed by atoms with Gasteiger partial charge in [-0.25, -0.2) is 0 Å². The van der Waals surface area contributed by atoms with Crippen LogP contribution < -0.4 is 18.9 Å². The Bertz CT molecular complexity index is 935. The molecule has 6 heteroatoms. The van der Waals surface area contributed by atoms with Crippen molar-refractivity contribution in [3.8, 4) is 23.0 Å². The highest BCUT2D eigenvalue weighted by atomic mass is 16.5. The van der Waals surface area contributed by atoms with Gasteiger partial charge in [-0.1, -0.05) is 27.7 Å². The van der Waals surface area contributed by atoms with Crippen molar-refractivity contribution in [1.29, 1.82) is 0 Å². The fourth-order valence-electron chi connectivity index (χ4n) is 3.47. The fraction of sp³-hybridized carbons (Fsp3) is 0.417. The quantitative estimate of drug-likeness (QED) is 0.631. The lowest BCUT2D eigenvalue weighted by molar-refractivity contribution is 0.354. The maximum atomic E-state index is 5.54. The van der Waals surface area contributed by atoms with Crippen LogP contribution in [0.3, 0.4) is 0 Å². The minimum atomic E-state index is 0.112. The minimum Gasteiger partial charge on any atom is -0.493 e. The topological polar surface area (TPSA) is 61.6 Å². The third-order valence-electron chi connectivity index (χ3n) is 5.07. The Hall–Kier alpha value is -3.02. The van der Waals surface area contributed by atoms with Crippen LogP contribution in [0.2, 0.25) is 0 Å². The Kier molecular flexibility index (Phi) is 8.27. The first kappa shape index (κ1) is 23.3. The standard InChI is InChI=1S/C22H26N2O4.C2H6/c1-7-17-13(2)15-11-20(27-5)21(28-6)12-16(15)22(24-23-17)14-8-9-18(25-3)19(10-14)26-4;1-2/h8-13H,7H2,1-6H3;1-2H3. The molecule has 0 aliphatic carbocycles. The molecule has 30 heavy (non-hydrogen) atoms. The van der Waals surface area contributed by atoms with Gasteiger partial charge in [-0.2, -0.15) is 5.10 Å². The Morgan fingerprint density at radius 2 is 1.33 bits per heavy atom. The zero-order chi connectivity index (χ0) is 22.3. The molecule has 0 aromatic heterocycles. The number of ether oxygens (including phenoxy) is 4. The van der Waals surface area contributed by atoms with Crippen LogP contribution in [-0.4, -0.2) is 39.9 Å². The van der Waals surface area contributed by atoms with Crippen LogP contribution >= 0.6 is 0 Å². The first-order valence-corrected chi connectivity index (χ1v) is 10.2. The van der Waals surface area contributed by atoms with E-state index >= 15 is 0 Å². The van der Waals surface area contributed by atoms with Gasteiger partial charge in [0.05, 0.1) is 28.4 Å². The maximum Gasteiger partial charge on any atom is 0.161 e. The molecule has 0 N–H and O–H groups in total. The molecule has 0 radical (unpaired) electrons. The van der Waals surface area contributed by atoms with Gasteiger partial charge in [0, 0.05) is 22.8 Å². The first-order chi connectivity index (χ1) is 14.6. The van der Waals surface area contributed by atoms with Crippen molar-refractivity contribution < 1.29 is 18.9 Å². The fourth-order valence-corrected chi connectivity index (χ4v) is 3.47. The van der Waals surface area contributed by atoms with E-state index in [4.69, 9.17) is 18.9 Å². The van der Waals surface area contributed by atoms with Crippen molar-refractivity contribution in [1.82, 2.24) is 0 Å². The van der Waals surface area contributed by atoms with Gasteiger partial charge in [-0.3, -0.25) is 0 Å². The third-order valence-corrected chi connectivity index (χ3v) is 5.07. The largest absolute Gasteiger partial charge is 0.493 e. The average molecular weight is 413 g/mol. The van der Waals surface area contributed by atoms with Gasteiger partial charge in [-0.05, 0) is 42.3 Å². The summed E-state index contributed by atoms with van der Waals surface area (Å²) >= 11 is 0. The molecule has 0 fully saturated rings. The first-order valence-electron chi connectivity index (χ1n) is 10.2. The lowest BCUT2D eigenvalue weighted by Crippen LogP contribution is -2.12. The molecule has 2 aromatic rings. The van der Waals surface area contributed by atoms with Gasteiger partial charge in [0.15, 0.2) is 23.0 Å². The number of fused-ring (bicyclic) bond motifs is 1. The van der Waals surface area contributed by atoms with Gasteiger partial charge in [-0.15, -0.1) is 5.10 Å². The minimum absolute atomic E-state index is 0.112. The highest BCUT2D eigenvalue weighted by Gasteiger charge is 2.25. The van der Waals surface area contributed by atoms with E-state index in [-0.39, 0.29) is 5.92 Å². The summed E-state index contributed by atoms with van der Waals surface area (Å²) in [4.78, 5) is 0. The molecule has 1 unspecified atom stereocenters. The smallest absolute Gasteiger partial charge is 0.161 e. The molecule has 0 saturated carbocycles. The van der Waals surface area contributed by atoms with E-state index in [2.05, 4.69) is 24.1 Å². The Balaban J connectivity index is 0.00000155. The molecule has 1 aliphatic rings. The van der Waals surface area contributed by atoms with Crippen LogP contribution in [0.1, 0.15) is 56.7 Å². The molecular weight excluding hydrogens is 380 g/mol. The van der Waals surface area contributed by atoms with Crippen molar-refractivity contribution >= 4 is 11.4 Å². The molecule has 1 aliphatic heterocycles. The predicted molar refractivity (Wildman–Crippen MR) is 122 cm³/mol. The van der Waals surface area contributed by atoms with Crippen molar-refractivity contribution in [2.75, 3.05) is 28.4 Å². The monoisotopic (exact) mass is 412 g/mol. The average Bonchev–Trinajstić information content (AvgIpc) is 2.94. The molecule has 0 spiro atoms. The number of benzene rings is 2. The summed E-state index contributed by atoms with van der Waals surface area (Å²) in [5.74, 6) is 2.76.